The van der Waals surface area contributed by atoms with E-state index < -0.39 is 5.97 Å². The molecule has 2 rings (SSSR count). The summed E-state index contributed by atoms with van der Waals surface area (Å²) in [6.45, 7) is 1.87. The van der Waals surface area contributed by atoms with E-state index in [-0.39, 0.29) is 5.57 Å². The van der Waals surface area contributed by atoms with Crippen LogP contribution in [0.5, 0.6) is 0 Å². The molecule has 0 fully saturated rings. The number of hydrogen-bond donors (Lipinski definition) is 1. The van der Waals surface area contributed by atoms with Gasteiger partial charge in [0, 0.05) is 17.4 Å². The number of halogens is 1. The first-order valence-electron chi connectivity index (χ1n) is 5.69. The van der Waals surface area contributed by atoms with Crippen LogP contribution in [0.4, 0.5) is 0 Å². The molecule has 0 saturated carbocycles. The van der Waals surface area contributed by atoms with Crippen LogP contribution < -0.4 is 0 Å². The number of carboxylic acids is 1. The van der Waals surface area contributed by atoms with Gasteiger partial charge in [-0.25, -0.2) is 4.79 Å². The number of pyridine rings is 1. The molecule has 1 N–H and O–H groups in total. The van der Waals surface area contributed by atoms with Crippen LogP contribution in [0, 0.1) is 6.92 Å². The molecular weight excluding hydrogens is 262 g/mol. The normalized spacial score (nSPS) is 11.4. The Hall–Kier alpha value is -2.13. The molecule has 1 aromatic heterocycles. The molecule has 19 heavy (non-hydrogen) atoms. The van der Waals surface area contributed by atoms with Crippen LogP contribution in [-0.2, 0) is 4.79 Å². The molecule has 0 aliphatic rings. The minimum Gasteiger partial charge on any atom is -0.478 e. The third-order valence-corrected chi connectivity index (χ3v) is 3.14. The molecule has 0 bridgehead atoms. The number of aromatic nitrogens is 1. The lowest BCUT2D eigenvalue weighted by atomic mass is 10.0. The van der Waals surface area contributed by atoms with Gasteiger partial charge in [-0.15, -0.1) is 0 Å². The molecule has 0 aliphatic heterocycles. The first kappa shape index (κ1) is 13.3. The van der Waals surface area contributed by atoms with Crippen molar-refractivity contribution in [2.24, 2.45) is 0 Å². The average Bonchev–Trinajstić information content (AvgIpc) is 2.40. The van der Waals surface area contributed by atoms with Crippen LogP contribution >= 0.6 is 11.6 Å². The third kappa shape index (κ3) is 3.20. The molecule has 96 valence electrons. The van der Waals surface area contributed by atoms with E-state index in [9.17, 15) is 9.90 Å². The predicted molar refractivity (Wildman–Crippen MR) is 75.9 cm³/mol. The number of benzene rings is 1. The molecule has 0 radical (unpaired) electrons. The van der Waals surface area contributed by atoms with Crippen molar-refractivity contribution in [2.45, 2.75) is 6.92 Å². The van der Waals surface area contributed by atoms with E-state index in [1.807, 2.05) is 6.92 Å². The topological polar surface area (TPSA) is 50.2 Å². The number of nitrogens with zero attached hydrogens (tertiary/aromatic N) is 1. The molecule has 4 heteroatoms. The molecule has 0 aliphatic carbocycles. The van der Waals surface area contributed by atoms with Gasteiger partial charge in [-0.2, -0.15) is 0 Å². The largest absolute Gasteiger partial charge is 0.478 e. The van der Waals surface area contributed by atoms with Gasteiger partial charge >= 0.3 is 5.97 Å². The maximum absolute atomic E-state index is 11.4. The predicted octanol–water partition coefficient (Wildman–Crippen LogP) is 3.67. The Morgan fingerprint density at radius 2 is 1.95 bits per heavy atom. The molecular formula is C15H12ClNO2. The number of hydrogen-bond acceptors (Lipinski definition) is 2. The summed E-state index contributed by atoms with van der Waals surface area (Å²) < 4.78 is 0. The van der Waals surface area contributed by atoms with Crippen molar-refractivity contribution in [3.05, 3.63) is 64.4 Å². The third-order valence-electron chi connectivity index (χ3n) is 2.73. The fraction of sp³-hybridized carbons (Fsp3) is 0.0667. The van der Waals surface area contributed by atoms with E-state index in [1.165, 1.54) is 0 Å². The summed E-state index contributed by atoms with van der Waals surface area (Å²) in [6, 6.07) is 8.72. The van der Waals surface area contributed by atoms with Gasteiger partial charge in [0.15, 0.2) is 0 Å². The lowest BCUT2D eigenvalue weighted by molar-refractivity contribution is -0.130. The standard InChI is InChI=1S/C15H12ClNO2/c1-10-2-3-12(9-14(10)16)13(15(18)19)8-11-4-6-17-7-5-11/h2-9H,1H3,(H,18,19)/b13-8-. The van der Waals surface area contributed by atoms with Crippen LogP contribution in [0.15, 0.2) is 42.7 Å². The summed E-state index contributed by atoms with van der Waals surface area (Å²) in [4.78, 5) is 15.3. The van der Waals surface area contributed by atoms with Gasteiger partial charge in [-0.3, -0.25) is 4.98 Å². The fourth-order valence-corrected chi connectivity index (χ4v) is 1.84. The number of aryl methyl sites for hydroxylation is 1. The second-order valence-corrected chi connectivity index (χ2v) is 4.51. The zero-order valence-corrected chi connectivity index (χ0v) is 11.1. The van der Waals surface area contributed by atoms with E-state index in [0.717, 1.165) is 11.1 Å². The fourth-order valence-electron chi connectivity index (χ4n) is 1.66. The van der Waals surface area contributed by atoms with E-state index in [4.69, 9.17) is 11.6 Å². The number of carboxylic acid groups (broad SMARTS) is 1. The second-order valence-electron chi connectivity index (χ2n) is 4.11. The zero-order chi connectivity index (χ0) is 13.8. The van der Waals surface area contributed by atoms with Crippen LogP contribution in [0.2, 0.25) is 5.02 Å². The summed E-state index contributed by atoms with van der Waals surface area (Å²) in [6.07, 6.45) is 4.84. The lowest BCUT2D eigenvalue weighted by Gasteiger charge is -2.05. The highest BCUT2D eigenvalue weighted by molar-refractivity contribution is 6.32. The molecule has 0 unspecified atom stereocenters. The molecule has 0 atom stereocenters. The zero-order valence-electron chi connectivity index (χ0n) is 10.3. The van der Waals surface area contributed by atoms with E-state index >= 15 is 0 Å². The van der Waals surface area contributed by atoms with Crippen molar-refractivity contribution >= 4 is 29.2 Å². The summed E-state index contributed by atoms with van der Waals surface area (Å²) >= 11 is 6.04. The van der Waals surface area contributed by atoms with E-state index in [0.29, 0.717) is 10.6 Å². The first-order valence-corrected chi connectivity index (χ1v) is 6.07. The summed E-state index contributed by atoms with van der Waals surface area (Å²) in [5.74, 6) is -0.989. The number of aliphatic carboxylic acids is 1. The highest BCUT2D eigenvalue weighted by atomic mass is 35.5. The van der Waals surface area contributed by atoms with Gasteiger partial charge in [0.05, 0.1) is 5.57 Å². The van der Waals surface area contributed by atoms with Crippen molar-refractivity contribution < 1.29 is 9.90 Å². The monoisotopic (exact) mass is 273 g/mol. The Labute approximate surface area is 116 Å². The summed E-state index contributed by atoms with van der Waals surface area (Å²) in [5.41, 5.74) is 2.48. The molecule has 1 heterocycles. The Morgan fingerprint density at radius 3 is 2.53 bits per heavy atom. The SMILES string of the molecule is Cc1ccc(/C(=C/c2ccncc2)C(=O)O)cc1Cl. The molecule has 0 spiro atoms. The molecule has 1 aromatic carbocycles. The van der Waals surface area contributed by atoms with Crippen molar-refractivity contribution in [3.63, 3.8) is 0 Å². The van der Waals surface area contributed by atoms with Crippen LogP contribution in [0.25, 0.3) is 11.6 Å². The van der Waals surface area contributed by atoms with Gasteiger partial charge < -0.3 is 5.11 Å². The average molecular weight is 274 g/mol. The van der Waals surface area contributed by atoms with Gasteiger partial charge in [0.25, 0.3) is 0 Å². The molecule has 2 aromatic rings. The van der Waals surface area contributed by atoms with Crippen molar-refractivity contribution in [3.8, 4) is 0 Å². The van der Waals surface area contributed by atoms with E-state index in [1.54, 1.807) is 48.8 Å². The van der Waals surface area contributed by atoms with Crippen molar-refractivity contribution in [2.75, 3.05) is 0 Å². The Morgan fingerprint density at radius 1 is 1.26 bits per heavy atom. The highest BCUT2D eigenvalue weighted by Gasteiger charge is 2.11. The van der Waals surface area contributed by atoms with Crippen molar-refractivity contribution in [1.82, 2.24) is 4.98 Å². The minimum atomic E-state index is -0.989. The summed E-state index contributed by atoms with van der Waals surface area (Å²) in [7, 11) is 0. The van der Waals surface area contributed by atoms with Crippen molar-refractivity contribution in [1.29, 1.82) is 0 Å². The number of carbonyl (C=O) groups is 1. The lowest BCUT2D eigenvalue weighted by Crippen LogP contribution is -2.00. The maximum Gasteiger partial charge on any atom is 0.336 e. The van der Waals surface area contributed by atoms with Crippen LogP contribution in [0.1, 0.15) is 16.7 Å². The quantitative estimate of drug-likeness (QED) is 0.868. The highest BCUT2D eigenvalue weighted by Crippen LogP contribution is 2.24. The Bertz CT molecular complexity index is 636. The maximum atomic E-state index is 11.4. The smallest absolute Gasteiger partial charge is 0.336 e. The van der Waals surface area contributed by atoms with E-state index in [2.05, 4.69) is 4.98 Å². The Kier molecular flexibility index (Phi) is 3.97. The van der Waals surface area contributed by atoms with Gasteiger partial charge in [0.2, 0.25) is 0 Å². The van der Waals surface area contributed by atoms with Gasteiger partial charge in [0.1, 0.15) is 0 Å². The molecule has 0 amide bonds. The second kappa shape index (κ2) is 5.67. The van der Waals surface area contributed by atoms with Gasteiger partial charge in [-0.1, -0.05) is 23.7 Å². The summed E-state index contributed by atoms with van der Waals surface area (Å²) in [5, 5.41) is 9.88. The molecule has 3 nitrogen and oxygen atoms in total. The number of rotatable bonds is 3. The van der Waals surface area contributed by atoms with Crippen LogP contribution in [0.3, 0.4) is 0 Å². The first-order chi connectivity index (χ1) is 9.08. The Balaban J connectivity index is 2.49. The molecule has 0 saturated heterocycles. The van der Waals surface area contributed by atoms with Crippen LogP contribution in [-0.4, -0.2) is 16.1 Å². The minimum absolute atomic E-state index is 0.202. The van der Waals surface area contributed by atoms with Gasteiger partial charge in [-0.05, 0) is 47.9 Å².